The summed E-state index contributed by atoms with van der Waals surface area (Å²) in [5.41, 5.74) is 1.29. The molecule has 1 aromatic carbocycles. The molecule has 0 saturated carbocycles. The van der Waals surface area contributed by atoms with Crippen molar-refractivity contribution in [2.24, 2.45) is 0 Å². The molecule has 2 heterocycles. The summed E-state index contributed by atoms with van der Waals surface area (Å²) in [5.74, 6) is 0.405. The Hall–Kier alpha value is -1.88. The lowest BCUT2D eigenvalue weighted by molar-refractivity contribution is -0.140. The van der Waals surface area contributed by atoms with Gasteiger partial charge in [0.2, 0.25) is 11.8 Å². The van der Waals surface area contributed by atoms with E-state index in [0.29, 0.717) is 19.5 Å². The van der Waals surface area contributed by atoms with Gasteiger partial charge in [-0.3, -0.25) is 9.59 Å². The Morgan fingerprint density at radius 2 is 2.04 bits per heavy atom. The van der Waals surface area contributed by atoms with Crippen LogP contribution >= 0.6 is 0 Å². The number of hydrogen-bond acceptors (Lipinski definition) is 3. The maximum Gasteiger partial charge on any atom is 0.236 e. The van der Waals surface area contributed by atoms with Crippen LogP contribution in [0.3, 0.4) is 0 Å². The highest BCUT2D eigenvalue weighted by Gasteiger charge is 2.31. The fraction of sp³-hybridized carbons (Fsp3) is 0.579. The lowest BCUT2D eigenvalue weighted by Gasteiger charge is -2.41. The molecule has 1 aromatic rings. The summed E-state index contributed by atoms with van der Waals surface area (Å²) in [6.07, 6.45) is 4.43. The van der Waals surface area contributed by atoms with Crippen LogP contribution in [0.1, 0.15) is 31.2 Å². The predicted molar refractivity (Wildman–Crippen MR) is 93.6 cm³/mol. The number of hydrogen-bond donors (Lipinski definition) is 1. The van der Waals surface area contributed by atoms with Gasteiger partial charge in [-0.1, -0.05) is 30.3 Å². The second kappa shape index (κ2) is 8.29. The first kappa shape index (κ1) is 17.0. The summed E-state index contributed by atoms with van der Waals surface area (Å²) >= 11 is 0. The first-order valence-electron chi connectivity index (χ1n) is 9.06. The summed E-state index contributed by atoms with van der Waals surface area (Å²) in [5, 5.41) is 3.11. The number of piperidine rings is 1. The average Bonchev–Trinajstić information content (AvgIpc) is 2.63. The van der Waals surface area contributed by atoms with Gasteiger partial charge in [0.25, 0.3) is 0 Å². The highest BCUT2D eigenvalue weighted by atomic mass is 16.2. The van der Waals surface area contributed by atoms with Crippen molar-refractivity contribution in [1.29, 1.82) is 0 Å². The van der Waals surface area contributed by atoms with Crippen LogP contribution in [0, 0.1) is 0 Å². The normalized spacial score (nSPS) is 21.8. The van der Waals surface area contributed by atoms with E-state index in [1.165, 1.54) is 5.56 Å². The summed E-state index contributed by atoms with van der Waals surface area (Å²) in [4.78, 5) is 28.5. The molecule has 2 aliphatic heterocycles. The quantitative estimate of drug-likeness (QED) is 0.889. The zero-order chi connectivity index (χ0) is 16.8. The van der Waals surface area contributed by atoms with Crippen LogP contribution in [0.5, 0.6) is 0 Å². The number of likely N-dealkylation sites (tertiary alicyclic amines) is 1. The molecule has 5 heteroatoms. The Labute approximate surface area is 144 Å². The van der Waals surface area contributed by atoms with Crippen molar-refractivity contribution in [2.45, 2.75) is 38.1 Å². The summed E-state index contributed by atoms with van der Waals surface area (Å²) in [6.45, 7) is 3.59. The molecular formula is C19H27N3O2. The minimum atomic E-state index is 0.171. The monoisotopic (exact) mass is 329 g/mol. The number of piperazine rings is 1. The van der Waals surface area contributed by atoms with Crippen LogP contribution in [0.15, 0.2) is 30.3 Å². The molecule has 0 aromatic heterocycles. The molecule has 24 heavy (non-hydrogen) atoms. The largest absolute Gasteiger partial charge is 0.341 e. The smallest absolute Gasteiger partial charge is 0.236 e. The molecule has 2 saturated heterocycles. The molecule has 2 amide bonds. The van der Waals surface area contributed by atoms with Crippen LogP contribution in [-0.4, -0.2) is 60.4 Å². The van der Waals surface area contributed by atoms with Gasteiger partial charge in [-0.15, -0.1) is 0 Å². The third-order valence-corrected chi connectivity index (χ3v) is 5.01. The number of carbonyl (C=O) groups is 2. The first-order chi connectivity index (χ1) is 11.7. The standard InChI is InChI=1S/C19H27N3O2/c23-18(10-4-8-16-6-2-1-3-7-16)21-12-5-9-17(15-21)22-13-11-20-14-19(22)24/h1-3,6-7,17,20H,4-5,8-15H2. The molecule has 0 aliphatic carbocycles. The van der Waals surface area contributed by atoms with Gasteiger partial charge in [-0.05, 0) is 31.2 Å². The van der Waals surface area contributed by atoms with Gasteiger partial charge < -0.3 is 15.1 Å². The van der Waals surface area contributed by atoms with Gasteiger partial charge in [0, 0.05) is 38.6 Å². The summed E-state index contributed by atoms with van der Waals surface area (Å²) < 4.78 is 0. The lowest BCUT2D eigenvalue weighted by Crippen LogP contribution is -2.57. The lowest BCUT2D eigenvalue weighted by atomic mass is 10.0. The molecule has 130 valence electrons. The number of benzene rings is 1. The van der Waals surface area contributed by atoms with Gasteiger partial charge >= 0.3 is 0 Å². The van der Waals surface area contributed by atoms with Crippen molar-refractivity contribution < 1.29 is 9.59 Å². The molecule has 3 rings (SSSR count). The van der Waals surface area contributed by atoms with Gasteiger partial charge in [0.15, 0.2) is 0 Å². The molecular weight excluding hydrogens is 302 g/mol. The first-order valence-corrected chi connectivity index (χ1v) is 9.06. The molecule has 1 unspecified atom stereocenters. The Bertz CT molecular complexity index is 561. The van der Waals surface area contributed by atoms with Crippen molar-refractivity contribution in [1.82, 2.24) is 15.1 Å². The molecule has 1 atom stereocenters. The SMILES string of the molecule is O=C(CCCc1ccccc1)N1CCCC(N2CCNCC2=O)C1. The molecule has 2 fully saturated rings. The van der Waals surface area contributed by atoms with Crippen molar-refractivity contribution in [3.8, 4) is 0 Å². The summed E-state index contributed by atoms with van der Waals surface area (Å²) in [6, 6.07) is 10.5. The van der Waals surface area contributed by atoms with Gasteiger partial charge in [-0.2, -0.15) is 0 Å². The van der Waals surface area contributed by atoms with Crippen LogP contribution in [0.4, 0.5) is 0 Å². The Kier molecular flexibility index (Phi) is 5.86. The molecule has 5 nitrogen and oxygen atoms in total. The molecule has 0 radical (unpaired) electrons. The topological polar surface area (TPSA) is 52.7 Å². The number of nitrogens with one attached hydrogen (secondary N) is 1. The van der Waals surface area contributed by atoms with Gasteiger partial charge in [-0.25, -0.2) is 0 Å². The predicted octanol–water partition coefficient (Wildman–Crippen LogP) is 1.43. The van der Waals surface area contributed by atoms with Crippen molar-refractivity contribution in [3.05, 3.63) is 35.9 Å². The van der Waals surface area contributed by atoms with Gasteiger partial charge in [0.1, 0.15) is 0 Å². The van der Waals surface area contributed by atoms with E-state index in [4.69, 9.17) is 0 Å². The zero-order valence-electron chi connectivity index (χ0n) is 14.2. The van der Waals surface area contributed by atoms with E-state index < -0.39 is 0 Å². The van der Waals surface area contributed by atoms with E-state index in [1.807, 2.05) is 28.0 Å². The molecule has 1 N–H and O–H groups in total. The van der Waals surface area contributed by atoms with Crippen LogP contribution in [0.25, 0.3) is 0 Å². The highest BCUT2D eigenvalue weighted by Crippen LogP contribution is 2.18. The van der Waals surface area contributed by atoms with Crippen molar-refractivity contribution in [3.63, 3.8) is 0 Å². The number of carbonyl (C=O) groups excluding carboxylic acids is 2. The minimum Gasteiger partial charge on any atom is -0.341 e. The maximum atomic E-state index is 12.5. The van der Waals surface area contributed by atoms with E-state index in [-0.39, 0.29) is 17.9 Å². The van der Waals surface area contributed by atoms with Crippen LogP contribution < -0.4 is 5.32 Å². The van der Waals surface area contributed by atoms with Gasteiger partial charge in [0.05, 0.1) is 6.54 Å². The third-order valence-electron chi connectivity index (χ3n) is 5.01. The second-order valence-corrected chi connectivity index (χ2v) is 6.74. The van der Waals surface area contributed by atoms with E-state index >= 15 is 0 Å². The third kappa shape index (κ3) is 4.35. The molecule has 2 aliphatic rings. The minimum absolute atomic E-state index is 0.171. The average molecular weight is 329 g/mol. The highest BCUT2D eigenvalue weighted by molar-refractivity contribution is 5.80. The number of nitrogens with zero attached hydrogens (tertiary/aromatic N) is 2. The number of aryl methyl sites for hydroxylation is 1. The maximum absolute atomic E-state index is 12.5. The number of rotatable bonds is 5. The second-order valence-electron chi connectivity index (χ2n) is 6.74. The Morgan fingerprint density at radius 3 is 2.83 bits per heavy atom. The molecule has 0 bridgehead atoms. The van der Waals surface area contributed by atoms with E-state index in [0.717, 1.165) is 45.3 Å². The van der Waals surface area contributed by atoms with Crippen LogP contribution in [-0.2, 0) is 16.0 Å². The zero-order valence-corrected chi connectivity index (χ0v) is 14.2. The summed E-state index contributed by atoms with van der Waals surface area (Å²) in [7, 11) is 0. The van der Waals surface area contributed by atoms with E-state index in [1.54, 1.807) is 0 Å². The Balaban J connectivity index is 1.47. The molecule has 0 spiro atoms. The number of amides is 2. The fourth-order valence-electron chi connectivity index (χ4n) is 3.69. The fourth-order valence-corrected chi connectivity index (χ4v) is 3.69. The van der Waals surface area contributed by atoms with E-state index in [9.17, 15) is 9.59 Å². The Morgan fingerprint density at radius 1 is 1.21 bits per heavy atom. The van der Waals surface area contributed by atoms with Crippen molar-refractivity contribution in [2.75, 3.05) is 32.7 Å². The van der Waals surface area contributed by atoms with Crippen molar-refractivity contribution >= 4 is 11.8 Å². The van der Waals surface area contributed by atoms with Crippen LogP contribution in [0.2, 0.25) is 0 Å². The van der Waals surface area contributed by atoms with E-state index in [2.05, 4.69) is 17.4 Å².